The molecular weight excluding hydrogens is 269 g/mol. The average Bonchev–Trinajstić information content (AvgIpc) is 2.40. The van der Waals surface area contributed by atoms with Gasteiger partial charge in [0.25, 0.3) is 0 Å². The lowest BCUT2D eigenvalue weighted by atomic mass is 9.93. The monoisotopic (exact) mass is 288 g/mol. The summed E-state index contributed by atoms with van der Waals surface area (Å²) in [4.78, 5) is 6.22. The lowest BCUT2D eigenvalue weighted by Gasteiger charge is -2.32. The van der Waals surface area contributed by atoms with Crippen LogP contribution in [0.5, 0.6) is 5.88 Å². The zero-order valence-electron chi connectivity index (χ0n) is 11.5. The number of aromatic nitrogens is 1. The first-order valence-corrected chi connectivity index (χ1v) is 6.74. The van der Waals surface area contributed by atoms with Crippen LogP contribution < -0.4 is 4.74 Å². The Morgan fingerprint density at radius 3 is 2.65 bits per heavy atom. The van der Waals surface area contributed by atoms with Crippen LogP contribution in [0, 0.1) is 5.92 Å². The van der Waals surface area contributed by atoms with Crippen LogP contribution in [0.1, 0.15) is 24.8 Å². The molecule has 3 nitrogen and oxygen atoms in total. The third kappa shape index (κ3) is 4.67. The molecule has 0 radical (unpaired) electrons. The van der Waals surface area contributed by atoms with Gasteiger partial charge in [0, 0.05) is 25.2 Å². The Balaban J connectivity index is 1.82. The van der Waals surface area contributed by atoms with E-state index >= 15 is 0 Å². The van der Waals surface area contributed by atoms with Crippen LogP contribution in [0.15, 0.2) is 18.3 Å². The van der Waals surface area contributed by atoms with Gasteiger partial charge in [-0.25, -0.2) is 4.98 Å². The molecule has 1 aliphatic rings. The molecule has 20 heavy (non-hydrogen) atoms. The fourth-order valence-corrected chi connectivity index (χ4v) is 2.59. The standard InChI is InChI=1S/C14H19F3N2O/c1-20-13-8-12(2-5-18-13)10-19-6-3-11(4-7-19)9-14(15,16)17/h2,5,8,11H,3-4,6-7,9-10H2,1H3. The van der Waals surface area contributed by atoms with Gasteiger partial charge in [0.2, 0.25) is 5.88 Å². The van der Waals surface area contributed by atoms with Crippen molar-refractivity contribution >= 4 is 0 Å². The Morgan fingerprint density at radius 1 is 1.35 bits per heavy atom. The molecule has 1 aromatic heterocycles. The highest BCUT2D eigenvalue weighted by Crippen LogP contribution is 2.31. The molecule has 0 saturated carbocycles. The number of rotatable bonds is 4. The van der Waals surface area contributed by atoms with E-state index in [4.69, 9.17) is 4.74 Å². The van der Waals surface area contributed by atoms with Crippen LogP contribution in [0.4, 0.5) is 13.2 Å². The summed E-state index contributed by atoms with van der Waals surface area (Å²) in [6.45, 7) is 2.16. The van der Waals surface area contributed by atoms with Crippen molar-refractivity contribution in [3.8, 4) is 5.88 Å². The minimum absolute atomic E-state index is 0.224. The molecule has 6 heteroatoms. The summed E-state index contributed by atoms with van der Waals surface area (Å²) in [6.07, 6.45) is -1.77. The van der Waals surface area contributed by atoms with E-state index in [-0.39, 0.29) is 5.92 Å². The van der Waals surface area contributed by atoms with E-state index in [1.54, 1.807) is 13.3 Å². The number of hydrogen-bond donors (Lipinski definition) is 0. The highest BCUT2D eigenvalue weighted by molar-refractivity contribution is 5.20. The predicted molar refractivity (Wildman–Crippen MR) is 69.5 cm³/mol. The maximum absolute atomic E-state index is 12.3. The number of piperidine rings is 1. The number of hydrogen-bond acceptors (Lipinski definition) is 3. The molecule has 0 aromatic carbocycles. The first kappa shape index (κ1) is 15.1. The number of likely N-dealkylation sites (tertiary alicyclic amines) is 1. The normalized spacial score (nSPS) is 18.2. The molecule has 2 heterocycles. The SMILES string of the molecule is COc1cc(CN2CCC(CC(F)(F)F)CC2)ccn1. The van der Waals surface area contributed by atoms with Gasteiger partial charge in [0.15, 0.2) is 0 Å². The van der Waals surface area contributed by atoms with Crippen molar-refractivity contribution in [2.24, 2.45) is 5.92 Å². The Labute approximate surface area is 116 Å². The van der Waals surface area contributed by atoms with E-state index < -0.39 is 12.6 Å². The van der Waals surface area contributed by atoms with Gasteiger partial charge in [-0.2, -0.15) is 13.2 Å². The van der Waals surface area contributed by atoms with Gasteiger partial charge in [-0.15, -0.1) is 0 Å². The molecule has 1 aliphatic heterocycles. The minimum Gasteiger partial charge on any atom is -0.481 e. The van der Waals surface area contributed by atoms with Crippen LogP contribution >= 0.6 is 0 Å². The number of halogens is 3. The Bertz CT molecular complexity index is 429. The van der Waals surface area contributed by atoms with Crippen LogP contribution in [-0.2, 0) is 6.54 Å². The van der Waals surface area contributed by atoms with E-state index in [0.717, 1.165) is 12.1 Å². The largest absolute Gasteiger partial charge is 0.481 e. The summed E-state index contributed by atoms with van der Waals surface area (Å²) in [5.74, 6) is 0.340. The quantitative estimate of drug-likeness (QED) is 0.850. The third-order valence-corrected chi connectivity index (χ3v) is 3.64. The number of alkyl halides is 3. The fraction of sp³-hybridized carbons (Fsp3) is 0.643. The molecule has 1 saturated heterocycles. The number of nitrogens with zero attached hydrogens (tertiary/aromatic N) is 2. The Morgan fingerprint density at radius 2 is 2.05 bits per heavy atom. The van der Waals surface area contributed by atoms with Crippen molar-refractivity contribution in [2.75, 3.05) is 20.2 Å². The summed E-state index contributed by atoms with van der Waals surface area (Å²) in [7, 11) is 1.56. The average molecular weight is 288 g/mol. The first-order valence-electron chi connectivity index (χ1n) is 6.74. The summed E-state index contributed by atoms with van der Waals surface area (Å²) >= 11 is 0. The lowest BCUT2D eigenvalue weighted by molar-refractivity contribution is -0.147. The molecule has 1 fully saturated rings. The van der Waals surface area contributed by atoms with Crippen LogP contribution in [0.2, 0.25) is 0 Å². The molecule has 2 rings (SSSR count). The summed E-state index contributed by atoms with van der Waals surface area (Å²) in [5.41, 5.74) is 1.08. The highest BCUT2D eigenvalue weighted by atomic mass is 19.4. The molecule has 1 aromatic rings. The van der Waals surface area contributed by atoms with Crippen molar-refractivity contribution in [1.29, 1.82) is 0 Å². The molecule has 0 unspecified atom stereocenters. The van der Waals surface area contributed by atoms with E-state index in [2.05, 4.69) is 9.88 Å². The van der Waals surface area contributed by atoms with Gasteiger partial charge < -0.3 is 4.74 Å². The fourth-order valence-electron chi connectivity index (χ4n) is 2.59. The molecule has 0 amide bonds. The molecule has 0 bridgehead atoms. The zero-order chi connectivity index (χ0) is 14.6. The van der Waals surface area contributed by atoms with Crippen molar-refractivity contribution in [3.63, 3.8) is 0 Å². The number of methoxy groups -OCH3 is 1. The maximum atomic E-state index is 12.3. The lowest BCUT2D eigenvalue weighted by Crippen LogP contribution is -2.34. The van der Waals surface area contributed by atoms with E-state index in [0.29, 0.717) is 31.8 Å². The van der Waals surface area contributed by atoms with Gasteiger partial charge in [-0.3, -0.25) is 4.90 Å². The summed E-state index contributed by atoms with van der Waals surface area (Å²) in [5, 5.41) is 0. The molecule has 0 spiro atoms. The second-order valence-electron chi connectivity index (χ2n) is 5.25. The Hall–Kier alpha value is -1.30. The van der Waals surface area contributed by atoms with Gasteiger partial charge in [0.1, 0.15) is 0 Å². The smallest absolute Gasteiger partial charge is 0.389 e. The topological polar surface area (TPSA) is 25.4 Å². The second-order valence-corrected chi connectivity index (χ2v) is 5.25. The summed E-state index contributed by atoms with van der Waals surface area (Å²) < 4.78 is 42.1. The number of pyridine rings is 1. The second kappa shape index (κ2) is 6.43. The highest BCUT2D eigenvalue weighted by Gasteiger charge is 2.33. The zero-order valence-corrected chi connectivity index (χ0v) is 11.5. The molecule has 112 valence electrons. The van der Waals surface area contributed by atoms with Crippen molar-refractivity contribution in [1.82, 2.24) is 9.88 Å². The van der Waals surface area contributed by atoms with Gasteiger partial charge >= 0.3 is 6.18 Å². The third-order valence-electron chi connectivity index (χ3n) is 3.64. The van der Waals surface area contributed by atoms with Crippen LogP contribution in [-0.4, -0.2) is 36.3 Å². The maximum Gasteiger partial charge on any atom is 0.389 e. The summed E-state index contributed by atoms with van der Waals surface area (Å²) in [6, 6.07) is 3.77. The molecule has 0 N–H and O–H groups in total. The van der Waals surface area contributed by atoms with E-state index in [1.807, 2.05) is 12.1 Å². The molecular formula is C14H19F3N2O. The predicted octanol–water partition coefficient (Wildman–Crippen LogP) is 3.25. The van der Waals surface area contributed by atoms with E-state index in [9.17, 15) is 13.2 Å². The van der Waals surface area contributed by atoms with Crippen LogP contribution in [0.25, 0.3) is 0 Å². The molecule has 0 atom stereocenters. The van der Waals surface area contributed by atoms with Gasteiger partial charge in [-0.05, 0) is 43.5 Å². The number of ether oxygens (including phenoxy) is 1. The Kier molecular flexibility index (Phi) is 4.86. The minimum atomic E-state index is -4.04. The van der Waals surface area contributed by atoms with Gasteiger partial charge in [0.05, 0.1) is 7.11 Å². The van der Waals surface area contributed by atoms with Crippen LogP contribution in [0.3, 0.4) is 0 Å². The molecule has 0 aliphatic carbocycles. The van der Waals surface area contributed by atoms with E-state index in [1.165, 1.54) is 0 Å². The van der Waals surface area contributed by atoms with Crippen molar-refractivity contribution in [2.45, 2.75) is 32.0 Å². The first-order chi connectivity index (χ1) is 9.46. The van der Waals surface area contributed by atoms with Crippen molar-refractivity contribution in [3.05, 3.63) is 23.9 Å². The van der Waals surface area contributed by atoms with Gasteiger partial charge in [-0.1, -0.05) is 0 Å². The van der Waals surface area contributed by atoms with Crippen molar-refractivity contribution < 1.29 is 17.9 Å².